The van der Waals surface area contributed by atoms with Gasteiger partial charge < -0.3 is 5.11 Å². The van der Waals surface area contributed by atoms with Crippen molar-refractivity contribution in [2.75, 3.05) is 7.11 Å². The molecule has 0 aliphatic carbocycles. The van der Waals surface area contributed by atoms with Crippen molar-refractivity contribution in [3.8, 4) is 0 Å². The van der Waals surface area contributed by atoms with Gasteiger partial charge in [0.15, 0.2) is 0 Å². The minimum atomic E-state index is -3.55. The van der Waals surface area contributed by atoms with E-state index >= 15 is 0 Å². The molecule has 0 saturated carbocycles. The fourth-order valence-corrected chi connectivity index (χ4v) is 2.29. The summed E-state index contributed by atoms with van der Waals surface area (Å²) in [6.07, 6.45) is 0. The van der Waals surface area contributed by atoms with Crippen LogP contribution in [0.1, 0.15) is 10.4 Å². The summed E-state index contributed by atoms with van der Waals surface area (Å²) in [5.41, 5.74) is 0.220. The predicted molar refractivity (Wildman–Crippen MR) is 56.4 cm³/mol. The van der Waals surface area contributed by atoms with E-state index in [4.69, 9.17) is 5.11 Å². The second kappa shape index (κ2) is 5.62. The number of nitrogens with one attached hydrogen (secondary N) is 1. The number of carbonyl (C=O) groups is 1. The minimum absolute atomic E-state index is 0. The molecule has 1 aromatic carbocycles. The van der Waals surface area contributed by atoms with Crippen LogP contribution in [-0.2, 0) is 10.0 Å². The molecular formula is C8H10NNaO4S. The van der Waals surface area contributed by atoms with Crippen LogP contribution in [-0.4, -0.2) is 56.1 Å². The summed E-state index contributed by atoms with van der Waals surface area (Å²) in [7, 11) is -2.55. The third-order valence-corrected chi connectivity index (χ3v) is 3.04. The number of carbonyl (C=O) groups excluding carboxylic acids is 1. The average molecular weight is 239 g/mol. The molecule has 0 saturated heterocycles. The Morgan fingerprint density at radius 1 is 1.20 bits per heavy atom. The van der Waals surface area contributed by atoms with Crippen molar-refractivity contribution in [1.82, 2.24) is 4.72 Å². The third kappa shape index (κ3) is 2.79. The summed E-state index contributed by atoms with van der Waals surface area (Å²) >= 11 is 0. The molecule has 15 heavy (non-hydrogen) atoms. The first-order valence-electron chi connectivity index (χ1n) is 3.72. The number of amides is 1. The second-order valence-electron chi connectivity index (χ2n) is 2.43. The summed E-state index contributed by atoms with van der Waals surface area (Å²) in [6.45, 7) is 0. The molecule has 0 bridgehead atoms. The van der Waals surface area contributed by atoms with Crippen molar-refractivity contribution in [2.45, 2.75) is 4.90 Å². The summed E-state index contributed by atoms with van der Waals surface area (Å²) in [5.74, 6) is -0.550. The predicted octanol–water partition coefficient (Wildman–Crippen LogP) is -0.921. The first kappa shape index (κ1) is 14.6. The van der Waals surface area contributed by atoms with Crippen LogP contribution in [0, 0.1) is 0 Å². The standard InChI is InChI=1S/C7H5NO3S.CH4O.Na.H/c9-7-5-3-1-2-4-6(5)12(10,11)8-7;1-2;;/h1-4H,(H,8,9);2H,1H3;;. The number of rotatable bonds is 0. The summed E-state index contributed by atoms with van der Waals surface area (Å²) < 4.78 is 24.2. The number of sulfonamides is 1. The van der Waals surface area contributed by atoms with Gasteiger partial charge in [-0.2, -0.15) is 0 Å². The van der Waals surface area contributed by atoms with E-state index in [-0.39, 0.29) is 40.0 Å². The van der Waals surface area contributed by atoms with Gasteiger partial charge in [-0.3, -0.25) is 4.79 Å². The van der Waals surface area contributed by atoms with Gasteiger partial charge in [0.25, 0.3) is 15.9 Å². The van der Waals surface area contributed by atoms with Crippen LogP contribution in [0.4, 0.5) is 0 Å². The number of benzene rings is 1. The fourth-order valence-electron chi connectivity index (χ4n) is 1.12. The molecule has 0 fully saturated rings. The zero-order valence-corrected chi connectivity index (χ0v) is 8.21. The Morgan fingerprint density at radius 2 is 1.73 bits per heavy atom. The summed E-state index contributed by atoms with van der Waals surface area (Å²) in [6, 6.07) is 6.09. The monoisotopic (exact) mass is 239 g/mol. The molecule has 1 aromatic rings. The van der Waals surface area contributed by atoms with E-state index < -0.39 is 15.9 Å². The van der Waals surface area contributed by atoms with Crippen molar-refractivity contribution in [3.05, 3.63) is 29.8 Å². The summed E-state index contributed by atoms with van der Waals surface area (Å²) in [4.78, 5) is 11.1. The molecule has 1 aliphatic heterocycles. The summed E-state index contributed by atoms with van der Waals surface area (Å²) in [5, 5.41) is 7.00. The number of hydrogen-bond acceptors (Lipinski definition) is 4. The zero-order chi connectivity index (χ0) is 10.8. The van der Waals surface area contributed by atoms with Gasteiger partial charge in [0, 0.05) is 7.11 Å². The molecule has 0 aromatic heterocycles. The zero-order valence-electron chi connectivity index (χ0n) is 7.39. The first-order chi connectivity index (χ1) is 6.61. The van der Waals surface area contributed by atoms with Gasteiger partial charge in [0.2, 0.25) is 0 Å². The molecule has 5 nitrogen and oxygen atoms in total. The SMILES string of the molecule is CO.O=C1NS(=O)(=O)c2ccccc21.[NaH]. The topological polar surface area (TPSA) is 83.5 Å². The van der Waals surface area contributed by atoms with E-state index in [1.54, 1.807) is 12.1 Å². The van der Waals surface area contributed by atoms with E-state index in [2.05, 4.69) is 0 Å². The molecular weight excluding hydrogens is 229 g/mol. The van der Waals surface area contributed by atoms with Gasteiger partial charge in [0.1, 0.15) is 4.90 Å². The molecule has 2 rings (SSSR count). The number of aliphatic hydroxyl groups excluding tert-OH is 1. The Morgan fingerprint density at radius 3 is 2.27 bits per heavy atom. The van der Waals surface area contributed by atoms with Gasteiger partial charge in [-0.05, 0) is 12.1 Å². The van der Waals surface area contributed by atoms with E-state index in [0.717, 1.165) is 7.11 Å². The Hall–Kier alpha value is -0.400. The molecule has 1 aliphatic rings. The molecule has 0 atom stereocenters. The van der Waals surface area contributed by atoms with Crippen LogP contribution in [0.5, 0.6) is 0 Å². The van der Waals surface area contributed by atoms with E-state index in [9.17, 15) is 13.2 Å². The van der Waals surface area contributed by atoms with E-state index in [0.29, 0.717) is 0 Å². The van der Waals surface area contributed by atoms with Crippen molar-refractivity contribution in [2.24, 2.45) is 0 Å². The fraction of sp³-hybridized carbons (Fsp3) is 0.125. The van der Waals surface area contributed by atoms with Crippen LogP contribution in [0.25, 0.3) is 0 Å². The van der Waals surface area contributed by atoms with Crippen molar-refractivity contribution < 1.29 is 18.3 Å². The van der Waals surface area contributed by atoms with E-state index in [1.165, 1.54) is 12.1 Å². The number of hydrogen-bond donors (Lipinski definition) is 2. The Bertz CT molecular complexity index is 457. The van der Waals surface area contributed by atoms with E-state index in [1.807, 2.05) is 4.72 Å². The first-order valence-corrected chi connectivity index (χ1v) is 5.20. The van der Waals surface area contributed by atoms with Crippen LogP contribution in [0.2, 0.25) is 0 Å². The normalized spacial score (nSPS) is 15.2. The molecule has 1 amide bonds. The van der Waals surface area contributed by atoms with Crippen LogP contribution >= 0.6 is 0 Å². The Kier molecular flexibility index (Phi) is 5.47. The number of fused-ring (bicyclic) bond motifs is 1. The molecule has 1 heterocycles. The maximum absolute atomic E-state index is 11.1. The van der Waals surface area contributed by atoms with Gasteiger partial charge in [-0.15, -0.1) is 0 Å². The van der Waals surface area contributed by atoms with Gasteiger partial charge in [-0.1, -0.05) is 12.1 Å². The van der Waals surface area contributed by atoms with Crippen LogP contribution < -0.4 is 4.72 Å². The molecule has 2 N–H and O–H groups in total. The second-order valence-corrected chi connectivity index (χ2v) is 4.08. The quantitative estimate of drug-likeness (QED) is 0.573. The average Bonchev–Trinajstić information content (AvgIpc) is 2.42. The molecule has 0 radical (unpaired) electrons. The van der Waals surface area contributed by atoms with Gasteiger partial charge >= 0.3 is 29.6 Å². The Labute approximate surface area is 110 Å². The molecule has 7 heteroatoms. The number of aliphatic hydroxyl groups is 1. The maximum atomic E-state index is 11.1. The third-order valence-electron chi connectivity index (χ3n) is 1.65. The molecule has 0 spiro atoms. The van der Waals surface area contributed by atoms with Crippen molar-refractivity contribution in [1.29, 1.82) is 0 Å². The van der Waals surface area contributed by atoms with Crippen LogP contribution in [0.15, 0.2) is 29.2 Å². The Balaban J connectivity index is 0.000000617. The van der Waals surface area contributed by atoms with Crippen LogP contribution in [0.3, 0.4) is 0 Å². The van der Waals surface area contributed by atoms with Gasteiger partial charge in [0.05, 0.1) is 5.56 Å². The van der Waals surface area contributed by atoms with Crippen molar-refractivity contribution >= 4 is 45.5 Å². The molecule has 0 unspecified atom stereocenters. The van der Waals surface area contributed by atoms with Gasteiger partial charge in [-0.25, -0.2) is 13.1 Å². The van der Waals surface area contributed by atoms with Crippen molar-refractivity contribution in [3.63, 3.8) is 0 Å². The molecule has 78 valence electrons.